The largest absolute Gasteiger partial charge is 0.357 e. The Balaban J connectivity index is 0.00000364. The number of hydrogen-bond donors (Lipinski definition) is 3. The molecule has 0 aliphatic heterocycles. The van der Waals surface area contributed by atoms with Crippen molar-refractivity contribution in [1.29, 1.82) is 0 Å². The second-order valence-corrected chi connectivity index (χ2v) is 6.99. The Labute approximate surface area is 182 Å². The minimum atomic E-state index is -0.0567. The first-order chi connectivity index (χ1) is 12.6. The van der Waals surface area contributed by atoms with Crippen LogP contribution in [0, 0.1) is 6.92 Å². The summed E-state index contributed by atoms with van der Waals surface area (Å²) in [5.41, 5.74) is 3.13. The lowest BCUT2D eigenvalue weighted by Gasteiger charge is -2.11. The number of aromatic nitrogens is 1. The van der Waals surface area contributed by atoms with E-state index in [1.807, 2.05) is 31.2 Å². The molecule has 2 rings (SSSR count). The van der Waals surface area contributed by atoms with Crippen molar-refractivity contribution in [3.8, 4) is 0 Å². The maximum absolute atomic E-state index is 11.0. The van der Waals surface area contributed by atoms with Gasteiger partial charge < -0.3 is 16.0 Å². The van der Waals surface area contributed by atoms with Gasteiger partial charge >= 0.3 is 0 Å². The Bertz CT molecular complexity index is 730. The predicted molar refractivity (Wildman–Crippen MR) is 124 cm³/mol. The number of aryl methyl sites for hydroxylation is 1. The summed E-state index contributed by atoms with van der Waals surface area (Å²) >= 11 is 1.68. The first kappa shape index (κ1) is 23.4. The second-order valence-electron chi connectivity index (χ2n) is 5.92. The van der Waals surface area contributed by atoms with Crippen LogP contribution in [0.2, 0.25) is 0 Å². The smallest absolute Gasteiger partial charge is 0.221 e. The highest BCUT2D eigenvalue weighted by Gasteiger charge is 2.01. The van der Waals surface area contributed by atoms with Gasteiger partial charge in [0.1, 0.15) is 0 Å². The van der Waals surface area contributed by atoms with Crippen molar-refractivity contribution in [3.63, 3.8) is 0 Å². The minimum Gasteiger partial charge on any atom is -0.357 e. The molecule has 0 aliphatic rings. The molecule has 0 atom stereocenters. The molecule has 6 nitrogen and oxygen atoms in total. The maximum atomic E-state index is 11.0. The molecule has 1 amide bonds. The molecular formula is C19H28IN5OS. The van der Waals surface area contributed by atoms with E-state index in [0.29, 0.717) is 6.54 Å². The SMILES string of the molecule is CCNC(=NCCc1csc(C)n1)NCCc1ccc(NC(C)=O)cc1.I. The van der Waals surface area contributed by atoms with Crippen LogP contribution in [0.4, 0.5) is 5.69 Å². The Hall–Kier alpha value is -1.68. The highest BCUT2D eigenvalue weighted by atomic mass is 127. The van der Waals surface area contributed by atoms with Crippen molar-refractivity contribution in [2.45, 2.75) is 33.6 Å². The molecule has 8 heteroatoms. The van der Waals surface area contributed by atoms with E-state index in [2.05, 4.69) is 38.2 Å². The van der Waals surface area contributed by atoms with Crippen LogP contribution in [-0.2, 0) is 17.6 Å². The zero-order chi connectivity index (χ0) is 18.8. The predicted octanol–water partition coefficient (Wildman–Crippen LogP) is 3.37. The van der Waals surface area contributed by atoms with Crippen molar-refractivity contribution in [3.05, 3.63) is 45.9 Å². The normalized spacial score (nSPS) is 10.9. The van der Waals surface area contributed by atoms with Crippen LogP contribution >= 0.6 is 35.3 Å². The van der Waals surface area contributed by atoms with Crippen LogP contribution in [0.25, 0.3) is 0 Å². The summed E-state index contributed by atoms with van der Waals surface area (Å²) in [6.45, 7) is 7.92. The van der Waals surface area contributed by atoms with E-state index in [0.717, 1.165) is 48.3 Å². The van der Waals surface area contributed by atoms with Gasteiger partial charge in [0.05, 0.1) is 10.7 Å². The number of benzene rings is 1. The summed E-state index contributed by atoms with van der Waals surface area (Å²) < 4.78 is 0. The monoisotopic (exact) mass is 501 g/mol. The lowest BCUT2D eigenvalue weighted by Crippen LogP contribution is -2.38. The molecule has 1 aromatic heterocycles. The molecular weight excluding hydrogens is 473 g/mol. The topological polar surface area (TPSA) is 78.4 Å². The summed E-state index contributed by atoms with van der Waals surface area (Å²) in [5.74, 6) is 0.771. The number of aliphatic imine (C=N–C) groups is 1. The van der Waals surface area contributed by atoms with Gasteiger partial charge in [-0.15, -0.1) is 35.3 Å². The van der Waals surface area contributed by atoms with Crippen LogP contribution in [-0.4, -0.2) is 36.5 Å². The summed E-state index contributed by atoms with van der Waals surface area (Å²) in [4.78, 5) is 20.1. The van der Waals surface area contributed by atoms with E-state index in [1.165, 1.54) is 12.5 Å². The third kappa shape index (κ3) is 9.18. The molecule has 1 aromatic carbocycles. The fraction of sp³-hybridized carbons (Fsp3) is 0.421. The number of rotatable bonds is 8. The number of carbonyl (C=O) groups excluding carboxylic acids is 1. The summed E-state index contributed by atoms with van der Waals surface area (Å²) in [6, 6.07) is 7.90. The molecule has 0 fully saturated rings. The van der Waals surface area contributed by atoms with Crippen molar-refractivity contribution in [1.82, 2.24) is 15.6 Å². The number of amides is 1. The zero-order valence-corrected chi connectivity index (χ0v) is 19.2. The van der Waals surface area contributed by atoms with Gasteiger partial charge in [0.2, 0.25) is 5.91 Å². The van der Waals surface area contributed by atoms with Gasteiger partial charge in [-0.1, -0.05) is 12.1 Å². The van der Waals surface area contributed by atoms with E-state index in [1.54, 1.807) is 11.3 Å². The van der Waals surface area contributed by atoms with Gasteiger partial charge in [-0.05, 0) is 38.0 Å². The van der Waals surface area contributed by atoms with E-state index in [4.69, 9.17) is 0 Å². The average Bonchev–Trinajstić information content (AvgIpc) is 3.01. The second kappa shape index (κ2) is 12.7. The van der Waals surface area contributed by atoms with Gasteiger partial charge in [-0.3, -0.25) is 9.79 Å². The molecule has 0 radical (unpaired) electrons. The number of halogens is 1. The van der Waals surface area contributed by atoms with Gasteiger partial charge in [0.15, 0.2) is 5.96 Å². The zero-order valence-electron chi connectivity index (χ0n) is 16.0. The lowest BCUT2D eigenvalue weighted by molar-refractivity contribution is -0.114. The standard InChI is InChI=1S/C19H27N5OS.HI/c1-4-20-19(22-12-10-18-13-26-15(3)24-18)21-11-9-16-5-7-17(8-6-16)23-14(2)25;/h5-8,13H,4,9-12H2,1-3H3,(H,23,25)(H2,20,21,22);1H. The third-order valence-electron chi connectivity index (χ3n) is 3.63. The van der Waals surface area contributed by atoms with Crippen LogP contribution < -0.4 is 16.0 Å². The average molecular weight is 501 g/mol. The van der Waals surface area contributed by atoms with Crippen molar-refractivity contribution in [2.24, 2.45) is 4.99 Å². The highest BCUT2D eigenvalue weighted by Crippen LogP contribution is 2.10. The van der Waals surface area contributed by atoms with Gasteiger partial charge in [-0.2, -0.15) is 0 Å². The fourth-order valence-electron chi connectivity index (χ4n) is 2.43. The van der Waals surface area contributed by atoms with E-state index in [-0.39, 0.29) is 29.9 Å². The Morgan fingerprint density at radius 1 is 1.19 bits per heavy atom. The van der Waals surface area contributed by atoms with Crippen molar-refractivity contribution >= 4 is 52.9 Å². The molecule has 0 unspecified atom stereocenters. The molecule has 1 heterocycles. The summed E-state index contributed by atoms with van der Waals surface area (Å²) in [6.07, 6.45) is 1.74. The third-order valence-corrected chi connectivity index (χ3v) is 4.45. The summed E-state index contributed by atoms with van der Waals surface area (Å²) in [5, 5.41) is 12.6. The van der Waals surface area contributed by atoms with Gasteiger partial charge in [0.25, 0.3) is 0 Å². The molecule has 3 N–H and O–H groups in total. The van der Waals surface area contributed by atoms with Crippen LogP contribution in [0.3, 0.4) is 0 Å². The fourth-order valence-corrected chi connectivity index (χ4v) is 3.08. The van der Waals surface area contributed by atoms with E-state index >= 15 is 0 Å². The molecule has 27 heavy (non-hydrogen) atoms. The first-order valence-corrected chi connectivity index (χ1v) is 9.74. The minimum absolute atomic E-state index is 0. The maximum Gasteiger partial charge on any atom is 0.221 e. The molecule has 0 saturated heterocycles. The van der Waals surface area contributed by atoms with Gasteiger partial charge in [-0.25, -0.2) is 4.98 Å². The summed E-state index contributed by atoms with van der Waals surface area (Å²) in [7, 11) is 0. The molecule has 0 saturated carbocycles. The Kier molecular flexibility index (Phi) is 11.0. The molecule has 0 spiro atoms. The lowest BCUT2D eigenvalue weighted by atomic mass is 10.1. The first-order valence-electron chi connectivity index (χ1n) is 8.86. The number of hydrogen-bond acceptors (Lipinski definition) is 4. The van der Waals surface area contributed by atoms with E-state index in [9.17, 15) is 4.79 Å². The van der Waals surface area contributed by atoms with Crippen molar-refractivity contribution in [2.75, 3.05) is 25.0 Å². The number of nitrogens with one attached hydrogen (secondary N) is 3. The Morgan fingerprint density at radius 2 is 1.93 bits per heavy atom. The molecule has 0 bridgehead atoms. The number of carbonyl (C=O) groups is 1. The number of guanidine groups is 1. The molecule has 0 aliphatic carbocycles. The highest BCUT2D eigenvalue weighted by molar-refractivity contribution is 14.0. The van der Waals surface area contributed by atoms with Crippen LogP contribution in [0.15, 0.2) is 34.6 Å². The van der Waals surface area contributed by atoms with Crippen molar-refractivity contribution < 1.29 is 4.79 Å². The Morgan fingerprint density at radius 3 is 2.52 bits per heavy atom. The van der Waals surface area contributed by atoms with Crippen LogP contribution in [0.1, 0.15) is 30.1 Å². The van der Waals surface area contributed by atoms with E-state index < -0.39 is 0 Å². The van der Waals surface area contributed by atoms with Crippen LogP contribution in [0.5, 0.6) is 0 Å². The number of anilines is 1. The molecule has 148 valence electrons. The van der Waals surface area contributed by atoms with Gasteiger partial charge in [0, 0.05) is 44.0 Å². The molecule has 2 aromatic rings. The number of thiazole rings is 1. The quantitative estimate of drug-likeness (QED) is 0.295. The number of nitrogens with zero attached hydrogens (tertiary/aromatic N) is 2.